The Hall–Kier alpha value is -1.49. The second-order valence-electron chi connectivity index (χ2n) is 7.67. The third-order valence-electron chi connectivity index (χ3n) is 6.19. The van der Waals surface area contributed by atoms with Gasteiger partial charge in [-0.15, -0.1) is 0 Å². The van der Waals surface area contributed by atoms with Crippen molar-refractivity contribution in [2.45, 2.75) is 62.6 Å². The maximum Gasteiger partial charge on any atom is 0.223 e. The van der Waals surface area contributed by atoms with Crippen LogP contribution >= 0.6 is 0 Å². The summed E-state index contributed by atoms with van der Waals surface area (Å²) in [5.74, 6) is -2.00. The fourth-order valence-electron chi connectivity index (χ4n) is 4.68. The first kappa shape index (κ1) is 16.0. The van der Waals surface area contributed by atoms with Crippen LogP contribution in [0.15, 0.2) is 18.2 Å². The van der Waals surface area contributed by atoms with E-state index >= 15 is 0 Å². The Morgan fingerprint density at radius 2 is 1.88 bits per heavy atom. The van der Waals surface area contributed by atoms with Gasteiger partial charge >= 0.3 is 0 Å². The lowest BCUT2D eigenvalue weighted by molar-refractivity contribution is -0.123. The van der Waals surface area contributed by atoms with Crippen molar-refractivity contribution in [1.82, 2.24) is 10.2 Å². The molecule has 2 bridgehead atoms. The molecule has 2 aliphatic heterocycles. The van der Waals surface area contributed by atoms with Crippen LogP contribution in [0.1, 0.15) is 50.0 Å². The summed E-state index contributed by atoms with van der Waals surface area (Å²) < 4.78 is 27.2. The summed E-state index contributed by atoms with van der Waals surface area (Å²) in [5, 5.41) is 3.18. The fraction of sp³-hybridized carbons (Fsp3) is 0.632. The second kappa shape index (κ2) is 6.10. The number of hydrogen-bond acceptors (Lipinski definition) is 2. The summed E-state index contributed by atoms with van der Waals surface area (Å²) in [6.45, 7) is 0. The lowest BCUT2D eigenvalue weighted by Gasteiger charge is -2.47. The number of carbonyl (C=O) groups excluding carboxylic acids is 1. The molecule has 1 aliphatic carbocycles. The van der Waals surface area contributed by atoms with Crippen LogP contribution in [0.5, 0.6) is 0 Å². The Balaban J connectivity index is 1.37. The summed E-state index contributed by atoms with van der Waals surface area (Å²) in [6, 6.07) is 5.59. The molecule has 3 fully saturated rings. The molecule has 24 heavy (non-hydrogen) atoms. The minimum atomic E-state index is -0.832. The summed E-state index contributed by atoms with van der Waals surface area (Å²) in [7, 11) is 2.19. The van der Waals surface area contributed by atoms with Gasteiger partial charge in [0.15, 0.2) is 11.6 Å². The number of halogens is 2. The van der Waals surface area contributed by atoms with Gasteiger partial charge in [0.1, 0.15) is 0 Å². The Labute approximate surface area is 141 Å². The molecule has 5 heteroatoms. The first-order valence-electron chi connectivity index (χ1n) is 9.01. The highest BCUT2D eigenvalue weighted by Crippen LogP contribution is 2.48. The van der Waals surface area contributed by atoms with Gasteiger partial charge < -0.3 is 10.2 Å². The number of nitrogens with zero attached hydrogens (tertiary/aromatic N) is 1. The number of hydrogen-bond donors (Lipinski definition) is 1. The molecule has 1 saturated carbocycles. The highest BCUT2D eigenvalue weighted by molar-refractivity contribution is 5.83. The van der Waals surface area contributed by atoms with Crippen molar-refractivity contribution in [3.8, 4) is 0 Å². The van der Waals surface area contributed by atoms with E-state index in [4.69, 9.17) is 0 Å². The first-order chi connectivity index (χ1) is 11.5. The Kier molecular flexibility index (Phi) is 4.07. The molecule has 2 saturated heterocycles. The molecule has 2 heterocycles. The lowest BCUT2D eigenvalue weighted by Crippen LogP contribution is -2.55. The maximum absolute atomic E-state index is 13.9. The summed E-state index contributed by atoms with van der Waals surface area (Å²) in [5.41, 5.74) is 0.343. The number of piperidine rings is 2. The van der Waals surface area contributed by atoms with Crippen LogP contribution in [0.2, 0.25) is 0 Å². The van der Waals surface area contributed by atoms with Crippen LogP contribution in [-0.2, 0) is 4.79 Å². The quantitative estimate of drug-likeness (QED) is 0.921. The predicted molar refractivity (Wildman–Crippen MR) is 87.6 cm³/mol. The van der Waals surface area contributed by atoms with Crippen molar-refractivity contribution < 1.29 is 13.6 Å². The van der Waals surface area contributed by atoms with Crippen molar-refractivity contribution in [3.63, 3.8) is 0 Å². The molecule has 4 rings (SSSR count). The molecular weight excluding hydrogens is 310 g/mol. The predicted octanol–water partition coefficient (Wildman–Crippen LogP) is 3.20. The van der Waals surface area contributed by atoms with E-state index in [0.29, 0.717) is 24.1 Å². The molecule has 130 valence electrons. The Morgan fingerprint density at radius 1 is 1.17 bits per heavy atom. The lowest BCUT2D eigenvalue weighted by atomic mass is 9.82. The highest BCUT2D eigenvalue weighted by Gasteiger charge is 2.46. The number of benzene rings is 1. The average molecular weight is 334 g/mol. The highest BCUT2D eigenvalue weighted by atomic mass is 19.2. The second-order valence-corrected chi connectivity index (χ2v) is 7.67. The normalized spacial score (nSPS) is 35.5. The number of amides is 1. The van der Waals surface area contributed by atoms with E-state index in [2.05, 4.69) is 17.3 Å². The van der Waals surface area contributed by atoms with Crippen LogP contribution in [-0.4, -0.2) is 36.0 Å². The summed E-state index contributed by atoms with van der Waals surface area (Å²) in [6.07, 6.45) is 6.32. The SMILES string of the molecule is CN1C2CCCC1CC(NC(=O)C1CC1c1cccc(F)c1F)C2. The van der Waals surface area contributed by atoms with Crippen molar-refractivity contribution in [2.24, 2.45) is 5.92 Å². The number of fused-ring (bicyclic) bond motifs is 2. The number of rotatable bonds is 3. The molecule has 1 N–H and O–H groups in total. The summed E-state index contributed by atoms with van der Waals surface area (Å²) >= 11 is 0. The monoisotopic (exact) mass is 334 g/mol. The van der Waals surface area contributed by atoms with E-state index in [1.165, 1.54) is 25.3 Å². The molecule has 4 atom stereocenters. The zero-order valence-corrected chi connectivity index (χ0v) is 14.0. The van der Waals surface area contributed by atoms with Gasteiger partial charge in [-0.2, -0.15) is 0 Å². The van der Waals surface area contributed by atoms with Gasteiger partial charge in [0, 0.05) is 24.0 Å². The van der Waals surface area contributed by atoms with Crippen molar-refractivity contribution in [3.05, 3.63) is 35.4 Å². The molecule has 0 spiro atoms. The molecule has 3 nitrogen and oxygen atoms in total. The fourth-order valence-corrected chi connectivity index (χ4v) is 4.68. The molecule has 0 radical (unpaired) electrons. The van der Waals surface area contributed by atoms with E-state index in [1.807, 2.05) is 0 Å². The van der Waals surface area contributed by atoms with Gasteiger partial charge in [-0.1, -0.05) is 18.6 Å². The minimum Gasteiger partial charge on any atom is -0.353 e. The van der Waals surface area contributed by atoms with E-state index in [0.717, 1.165) is 18.9 Å². The van der Waals surface area contributed by atoms with Crippen molar-refractivity contribution in [2.75, 3.05) is 7.05 Å². The van der Waals surface area contributed by atoms with E-state index in [1.54, 1.807) is 6.07 Å². The molecule has 3 aliphatic rings. The molecular formula is C19H24F2N2O. The molecule has 0 aromatic heterocycles. The topological polar surface area (TPSA) is 32.3 Å². The van der Waals surface area contributed by atoms with Crippen molar-refractivity contribution in [1.29, 1.82) is 0 Å². The van der Waals surface area contributed by atoms with Gasteiger partial charge in [0.2, 0.25) is 5.91 Å². The van der Waals surface area contributed by atoms with Gasteiger partial charge in [-0.05, 0) is 56.7 Å². The third-order valence-corrected chi connectivity index (χ3v) is 6.19. The van der Waals surface area contributed by atoms with Gasteiger partial charge in [-0.3, -0.25) is 4.79 Å². The van der Waals surface area contributed by atoms with Crippen LogP contribution in [0, 0.1) is 17.6 Å². The number of nitrogens with one attached hydrogen (secondary N) is 1. The zero-order chi connectivity index (χ0) is 16.8. The van der Waals surface area contributed by atoms with Gasteiger partial charge in [0.05, 0.1) is 0 Å². The van der Waals surface area contributed by atoms with E-state index < -0.39 is 11.6 Å². The number of carbonyl (C=O) groups is 1. The minimum absolute atomic E-state index is 0.0105. The van der Waals surface area contributed by atoms with Crippen LogP contribution in [0.25, 0.3) is 0 Å². The largest absolute Gasteiger partial charge is 0.353 e. The van der Waals surface area contributed by atoms with Gasteiger partial charge in [0.25, 0.3) is 0 Å². The molecule has 1 amide bonds. The maximum atomic E-state index is 13.9. The average Bonchev–Trinajstić information content (AvgIpc) is 3.31. The third kappa shape index (κ3) is 2.83. The Morgan fingerprint density at radius 3 is 2.58 bits per heavy atom. The van der Waals surface area contributed by atoms with Gasteiger partial charge in [-0.25, -0.2) is 8.78 Å². The van der Waals surface area contributed by atoms with Crippen molar-refractivity contribution >= 4 is 5.91 Å². The van der Waals surface area contributed by atoms with Crippen LogP contribution < -0.4 is 5.32 Å². The summed E-state index contributed by atoms with van der Waals surface area (Å²) in [4.78, 5) is 15.0. The smallest absolute Gasteiger partial charge is 0.223 e. The van der Waals surface area contributed by atoms with Crippen LogP contribution in [0.4, 0.5) is 8.78 Å². The standard InChI is InChI=1S/C19H24F2N2O/c1-23-12-4-2-5-13(23)9-11(8-12)22-19(24)16-10-15(16)14-6-3-7-17(20)18(14)21/h3,6-7,11-13,15-16H,2,4-5,8-10H2,1H3,(H,22,24). The Bertz CT molecular complexity index is 636. The zero-order valence-electron chi connectivity index (χ0n) is 14.0. The molecule has 1 aromatic rings. The van der Waals surface area contributed by atoms with E-state index in [9.17, 15) is 13.6 Å². The molecule has 4 unspecified atom stereocenters. The van der Waals surface area contributed by atoms with Crippen LogP contribution in [0.3, 0.4) is 0 Å². The first-order valence-corrected chi connectivity index (χ1v) is 9.01. The molecule has 1 aromatic carbocycles. The van der Waals surface area contributed by atoms with E-state index in [-0.39, 0.29) is 23.8 Å².